The number of hydrogen-bond acceptors (Lipinski definition) is 6. The molecule has 1 N–H and O–H groups in total. The van der Waals surface area contributed by atoms with Gasteiger partial charge in [-0.3, -0.25) is 14.7 Å². The van der Waals surface area contributed by atoms with E-state index >= 15 is 0 Å². The fourth-order valence-electron chi connectivity index (χ4n) is 4.36. The molecule has 168 valence electrons. The fourth-order valence-corrected chi connectivity index (χ4v) is 4.36. The Hall–Kier alpha value is -4.30. The first-order valence-corrected chi connectivity index (χ1v) is 11.2. The lowest BCUT2D eigenvalue weighted by molar-refractivity contribution is 0.242. The third-order valence-corrected chi connectivity index (χ3v) is 6.04. The van der Waals surface area contributed by atoms with Crippen LogP contribution in [0.25, 0.3) is 28.5 Å². The summed E-state index contributed by atoms with van der Waals surface area (Å²) in [7, 11) is 0. The van der Waals surface area contributed by atoms with E-state index in [-0.39, 0.29) is 5.56 Å². The number of hydrogen-bond donors (Lipinski definition) is 1. The highest BCUT2D eigenvalue weighted by molar-refractivity contribution is 5.57. The Morgan fingerprint density at radius 2 is 1.97 bits per heavy atom. The second kappa shape index (κ2) is 8.57. The average Bonchev–Trinajstić information content (AvgIpc) is 3.56. The van der Waals surface area contributed by atoms with Gasteiger partial charge in [0.25, 0.3) is 5.56 Å². The molecule has 1 aliphatic heterocycles. The summed E-state index contributed by atoms with van der Waals surface area (Å²) in [5, 5.41) is 4.81. The van der Waals surface area contributed by atoms with Gasteiger partial charge in [-0.2, -0.15) is 5.10 Å². The zero-order chi connectivity index (χ0) is 22.9. The van der Waals surface area contributed by atoms with Crippen molar-refractivity contribution >= 4 is 0 Å². The van der Waals surface area contributed by atoms with Crippen LogP contribution in [0.2, 0.25) is 0 Å². The summed E-state index contributed by atoms with van der Waals surface area (Å²) in [5.74, 6) is 1.29. The minimum atomic E-state index is -0.0974. The number of nitrogens with zero attached hydrogens (tertiary/aromatic N) is 5. The van der Waals surface area contributed by atoms with E-state index in [1.165, 1.54) is 0 Å². The lowest BCUT2D eigenvalue weighted by Crippen LogP contribution is -2.35. The molecule has 0 saturated heterocycles. The zero-order valence-corrected chi connectivity index (χ0v) is 18.4. The molecule has 0 radical (unpaired) electrons. The van der Waals surface area contributed by atoms with Crippen LogP contribution in [0.5, 0.6) is 0 Å². The minimum Gasteiger partial charge on any atom is -0.463 e. The van der Waals surface area contributed by atoms with E-state index in [1.807, 2.05) is 65.5 Å². The Bertz CT molecular complexity index is 1470. The molecule has 5 heterocycles. The quantitative estimate of drug-likeness (QED) is 0.437. The molecular weight excluding hydrogens is 428 g/mol. The number of nitrogens with one attached hydrogen (secondary N) is 1. The highest BCUT2D eigenvalue weighted by Gasteiger charge is 2.24. The predicted molar refractivity (Wildman–Crippen MR) is 127 cm³/mol. The third-order valence-electron chi connectivity index (χ3n) is 6.04. The maximum absolute atomic E-state index is 12.9. The molecule has 34 heavy (non-hydrogen) atoms. The standard InChI is InChI=1S/C26H22N6O2/c33-26-21-17-31(12-10-22(21)28-25(29-26)18-6-4-11-27-14-18)15-19-16-32(20-7-2-1-3-8-20)30-24(19)23-9-5-13-34-23/h1-9,11,13-14,16H,10,12,15,17H2,(H,28,29,33). The predicted octanol–water partition coefficient (Wildman–Crippen LogP) is 3.84. The monoisotopic (exact) mass is 450 g/mol. The van der Waals surface area contributed by atoms with Crippen LogP contribution >= 0.6 is 0 Å². The molecule has 5 aromatic rings. The van der Waals surface area contributed by atoms with Crippen molar-refractivity contribution < 1.29 is 4.42 Å². The smallest absolute Gasteiger partial charge is 0.255 e. The van der Waals surface area contributed by atoms with Crippen LogP contribution in [-0.2, 0) is 19.5 Å². The minimum absolute atomic E-state index is 0.0974. The van der Waals surface area contributed by atoms with Gasteiger partial charge in [0.2, 0.25) is 0 Å². The Balaban J connectivity index is 1.30. The normalized spacial score (nSPS) is 13.6. The average molecular weight is 451 g/mol. The van der Waals surface area contributed by atoms with Crippen molar-refractivity contribution in [3.63, 3.8) is 0 Å². The van der Waals surface area contributed by atoms with Gasteiger partial charge in [0.1, 0.15) is 11.5 Å². The Morgan fingerprint density at radius 1 is 1.06 bits per heavy atom. The third kappa shape index (κ3) is 3.84. The molecule has 0 amide bonds. The van der Waals surface area contributed by atoms with Crippen molar-refractivity contribution in [3.8, 4) is 28.5 Å². The maximum atomic E-state index is 12.9. The molecule has 0 aliphatic carbocycles. The van der Waals surface area contributed by atoms with E-state index in [1.54, 1.807) is 18.7 Å². The van der Waals surface area contributed by atoms with Crippen LogP contribution in [-0.4, -0.2) is 36.2 Å². The van der Waals surface area contributed by atoms with Crippen LogP contribution in [0.15, 0.2) is 88.7 Å². The van der Waals surface area contributed by atoms with E-state index in [0.29, 0.717) is 30.9 Å². The topological polar surface area (TPSA) is 92.8 Å². The van der Waals surface area contributed by atoms with Crippen molar-refractivity contribution in [2.24, 2.45) is 0 Å². The van der Waals surface area contributed by atoms with Crippen LogP contribution < -0.4 is 5.56 Å². The highest BCUT2D eigenvalue weighted by atomic mass is 16.3. The Kier molecular flexibility index (Phi) is 5.12. The number of benzene rings is 1. The zero-order valence-electron chi connectivity index (χ0n) is 18.4. The summed E-state index contributed by atoms with van der Waals surface area (Å²) in [5.41, 5.74) is 5.10. The van der Waals surface area contributed by atoms with Gasteiger partial charge in [0, 0.05) is 55.8 Å². The van der Waals surface area contributed by atoms with E-state index in [9.17, 15) is 4.79 Å². The number of furan rings is 1. The van der Waals surface area contributed by atoms with Gasteiger partial charge in [0.05, 0.1) is 23.2 Å². The molecule has 1 aromatic carbocycles. The number of aromatic amines is 1. The number of para-hydroxylation sites is 1. The summed E-state index contributed by atoms with van der Waals surface area (Å²) in [6.45, 7) is 1.97. The molecule has 0 atom stereocenters. The molecule has 6 rings (SSSR count). The highest BCUT2D eigenvalue weighted by Crippen LogP contribution is 2.27. The van der Waals surface area contributed by atoms with Gasteiger partial charge >= 0.3 is 0 Å². The molecule has 8 heteroatoms. The Labute approximate surface area is 195 Å². The summed E-state index contributed by atoms with van der Waals surface area (Å²) in [4.78, 5) is 27.0. The van der Waals surface area contributed by atoms with Crippen molar-refractivity contribution in [2.45, 2.75) is 19.5 Å². The molecular formula is C26H22N6O2. The second-order valence-electron chi connectivity index (χ2n) is 8.30. The fraction of sp³-hybridized carbons (Fsp3) is 0.154. The van der Waals surface area contributed by atoms with Gasteiger partial charge in [-0.1, -0.05) is 18.2 Å². The number of pyridine rings is 1. The second-order valence-corrected chi connectivity index (χ2v) is 8.30. The van der Waals surface area contributed by atoms with Crippen LogP contribution in [0, 0.1) is 0 Å². The van der Waals surface area contributed by atoms with Gasteiger partial charge in [-0.15, -0.1) is 0 Å². The first-order valence-electron chi connectivity index (χ1n) is 11.2. The lowest BCUT2D eigenvalue weighted by Gasteiger charge is -2.27. The van der Waals surface area contributed by atoms with E-state index in [0.717, 1.165) is 40.5 Å². The van der Waals surface area contributed by atoms with E-state index in [4.69, 9.17) is 14.5 Å². The summed E-state index contributed by atoms with van der Waals surface area (Å²) in [6.07, 6.45) is 7.81. The van der Waals surface area contributed by atoms with Crippen molar-refractivity contribution in [2.75, 3.05) is 6.54 Å². The largest absolute Gasteiger partial charge is 0.463 e. The van der Waals surface area contributed by atoms with Crippen LogP contribution in [0.4, 0.5) is 0 Å². The van der Waals surface area contributed by atoms with Crippen molar-refractivity contribution in [1.82, 2.24) is 29.6 Å². The van der Waals surface area contributed by atoms with E-state index < -0.39 is 0 Å². The SMILES string of the molecule is O=c1[nH]c(-c2cccnc2)nc2c1CN(Cc1cn(-c3ccccc3)nc1-c1ccco1)CC2. The molecule has 0 fully saturated rings. The molecule has 0 bridgehead atoms. The van der Waals surface area contributed by atoms with Crippen LogP contribution in [0.1, 0.15) is 16.8 Å². The van der Waals surface area contributed by atoms with Gasteiger partial charge < -0.3 is 9.40 Å². The molecule has 0 spiro atoms. The Morgan fingerprint density at radius 3 is 2.76 bits per heavy atom. The first-order chi connectivity index (χ1) is 16.7. The van der Waals surface area contributed by atoms with Crippen molar-refractivity contribution in [1.29, 1.82) is 0 Å². The number of aromatic nitrogens is 5. The lowest BCUT2D eigenvalue weighted by atomic mass is 10.1. The molecule has 0 unspecified atom stereocenters. The first kappa shape index (κ1) is 20.3. The maximum Gasteiger partial charge on any atom is 0.255 e. The van der Waals surface area contributed by atoms with Gasteiger partial charge in [-0.05, 0) is 36.4 Å². The van der Waals surface area contributed by atoms with Gasteiger partial charge in [-0.25, -0.2) is 9.67 Å². The summed E-state index contributed by atoms with van der Waals surface area (Å²) < 4.78 is 7.54. The molecule has 4 aromatic heterocycles. The summed E-state index contributed by atoms with van der Waals surface area (Å²) >= 11 is 0. The van der Waals surface area contributed by atoms with Crippen LogP contribution in [0.3, 0.4) is 0 Å². The number of fused-ring (bicyclic) bond motifs is 1. The van der Waals surface area contributed by atoms with Crippen molar-refractivity contribution in [3.05, 3.63) is 107 Å². The van der Waals surface area contributed by atoms with E-state index in [2.05, 4.69) is 14.9 Å². The summed E-state index contributed by atoms with van der Waals surface area (Å²) in [6, 6.07) is 17.5. The van der Waals surface area contributed by atoms with Gasteiger partial charge in [0.15, 0.2) is 5.76 Å². The molecule has 1 aliphatic rings. The number of rotatable bonds is 5. The molecule has 8 nitrogen and oxygen atoms in total. The molecule has 0 saturated carbocycles. The number of H-pyrrole nitrogens is 1.